The summed E-state index contributed by atoms with van der Waals surface area (Å²) in [5.41, 5.74) is 0. The molecule has 0 aromatic rings. The molecule has 0 heterocycles. The Labute approximate surface area is 75.1 Å². The fraction of sp³-hybridized carbons (Fsp3) is 0.833. The van der Waals surface area contributed by atoms with Crippen LogP contribution in [-0.4, -0.2) is 56.9 Å². The number of carbonyl (C=O) groups excluding carboxylic acids is 1. The smallest absolute Gasteiger partial charge is 0.151 e. The van der Waals surface area contributed by atoms with Crippen LogP contribution in [0.15, 0.2) is 0 Å². The van der Waals surface area contributed by atoms with Gasteiger partial charge in [-0.25, -0.2) is 0 Å². The first kappa shape index (κ1) is 11.9. The van der Waals surface area contributed by atoms with Crippen molar-refractivity contribution in [2.75, 3.05) is 5.75 Å². The Bertz CT molecular complexity index is 142. The lowest BCUT2D eigenvalue weighted by Crippen LogP contribution is -2.45. The van der Waals surface area contributed by atoms with Gasteiger partial charge < -0.3 is 25.2 Å². The standard InChI is InChI=1S/C6H12O5S/c7-1-3(8)5(10)6(11)4(9)2-12/h1,3-6,8-12H,2H2. The zero-order valence-corrected chi connectivity index (χ0v) is 7.13. The molecule has 0 radical (unpaired) electrons. The zero-order chi connectivity index (χ0) is 9.72. The van der Waals surface area contributed by atoms with Gasteiger partial charge in [0.1, 0.15) is 18.3 Å². The minimum Gasteiger partial charge on any atom is -0.389 e. The van der Waals surface area contributed by atoms with Crippen molar-refractivity contribution in [2.24, 2.45) is 0 Å². The molecule has 5 nitrogen and oxygen atoms in total. The second-order valence-electron chi connectivity index (χ2n) is 2.36. The lowest BCUT2D eigenvalue weighted by Gasteiger charge is -2.22. The molecule has 4 N–H and O–H groups in total. The van der Waals surface area contributed by atoms with E-state index in [4.69, 9.17) is 20.4 Å². The minimum absolute atomic E-state index is 0.0657. The van der Waals surface area contributed by atoms with Gasteiger partial charge in [-0.3, -0.25) is 0 Å². The van der Waals surface area contributed by atoms with Gasteiger partial charge in [0.25, 0.3) is 0 Å². The molecule has 0 bridgehead atoms. The van der Waals surface area contributed by atoms with Gasteiger partial charge in [0.15, 0.2) is 6.29 Å². The SMILES string of the molecule is O=CC(O)C(O)C(O)C(O)CS. The second-order valence-corrected chi connectivity index (χ2v) is 2.72. The summed E-state index contributed by atoms with van der Waals surface area (Å²) < 4.78 is 0. The van der Waals surface area contributed by atoms with Crippen LogP contribution >= 0.6 is 12.6 Å². The fourth-order valence-electron chi connectivity index (χ4n) is 0.618. The molecule has 0 saturated heterocycles. The fourth-order valence-corrected chi connectivity index (χ4v) is 0.834. The van der Waals surface area contributed by atoms with Crippen LogP contribution in [0.3, 0.4) is 0 Å². The van der Waals surface area contributed by atoms with Gasteiger partial charge in [-0.05, 0) is 0 Å². The molecule has 0 aromatic heterocycles. The highest BCUT2D eigenvalue weighted by Crippen LogP contribution is 2.04. The van der Waals surface area contributed by atoms with E-state index in [1.165, 1.54) is 0 Å². The number of hydrogen-bond donors (Lipinski definition) is 5. The zero-order valence-electron chi connectivity index (χ0n) is 6.24. The molecule has 72 valence electrons. The number of aliphatic hydroxyl groups is 4. The van der Waals surface area contributed by atoms with Crippen molar-refractivity contribution in [1.82, 2.24) is 0 Å². The van der Waals surface area contributed by atoms with E-state index in [2.05, 4.69) is 12.6 Å². The number of aliphatic hydroxyl groups excluding tert-OH is 4. The molecular formula is C6H12O5S. The van der Waals surface area contributed by atoms with E-state index in [1.807, 2.05) is 0 Å². The highest BCUT2D eigenvalue weighted by molar-refractivity contribution is 7.80. The lowest BCUT2D eigenvalue weighted by molar-refractivity contribution is -0.132. The Morgan fingerprint density at radius 1 is 1.17 bits per heavy atom. The number of aldehydes is 1. The van der Waals surface area contributed by atoms with E-state index in [9.17, 15) is 4.79 Å². The predicted octanol–water partition coefficient (Wildman–Crippen LogP) is -2.44. The van der Waals surface area contributed by atoms with Crippen molar-refractivity contribution in [3.63, 3.8) is 0 Å². The molecule has 0 saturated carbocycles. The monoisotopic (exact) mass is 196 g/mol. The Morgan fingerprint density at radius 2 is 1.67 bits per heavy atom. The molecule has 4 unspecified atom stereocenters. The maximum Gasteiger partial charge on any atom is 0.151 e. The largest absolute Gasteiger partial charge is 0.389 e. The van der Waals surface area contributed by atoms with E-state index >= 15 is 0 Å². The highest BCUT2D eigenvalue weighted by atomic mass is 32.1. The van der Waals surface area contributed by atoms with Crippen LogP contribution in [0.2, 0.25) is 0 Å². The third-order valence-corrected chi connectivity index (χ3v) is 1.79. The van der Waals surface area contributed by atoms with Crippen LogP contribution in [-0.2, 0) is 4.79 Å². The Morgan fingerprint density at radius 3 is 2.00 bits per heavy atom. The number of rotatable bonds is 5. The molecule has 0 aromatic carbocycles. The molecule has 0 aliphatic heterocycles. The second kappa shape index (κ2) is 5.50. The first-order valence-corrected chi connectivity index (χ1v) is 3.96. The van der Waals surface area contributed by atoms with Gasteiger partial charge in [0.05, 0.1) is 6.10 Å². The minimum atomic E-state index is -1.69. The van der Waals surface area contributed by atoms with Crippen LogP contribution in [0.5, 0.6) is 0 Å². The molecular weight excluding hydrogens is 184 g/mol. The summed E-state index contributed by atoms with van der Waals surface area (Å²) in [7, 11) is 0. The molecule has 0 spiro atoms. The Balaban J connectivity index is 4.07. The third kappa shape index (κ3) is 3.08. The molecule has 0 aliphatic rings. The molecule has 12 heavy (non-hydrogen) atoms. The quantitative estimate of drug-likeness (QED) is 0.248. The topological polar surface area (TPSA) is 98.0 Å². The van der Waals surface area contributed by atoms with Gasteiger partial charge in [0.2, 0.25) is 0 Å². The Kier molecular flexibility index (Phi) is 5.43. The molecule has 0 rings (SSSR count). The molecule has 0 amide bonds. The molecule has 4 atom stereocenters. The van der Waals surface area contributed by atoms with E-state index < -0.39 is 24.4 Å². The summed E-state index contributed by atoms with van der Waals surface area (Å²) in [4.78, 5) is 9.94. The molecule has 0 fully saturated rings. The summed E-state index contributed by atoms with van der Waals surface area (Å²) in [6, 6.07) is 0. The first-order valence-electron chi connectivity index (χ1n) is 3.33. The van der Waals surface area contributed by atoms with Crippen molar-refractivity contribution in [3.8, 4) is 0 Å². The van der Waals surface area contributed by atoms with Gasteiger partial charge in [-0.1, -0.05) is 0 Å². The molecule has 0 aliphatic carbocycles. The van der Waals surface area contributed by atoms with Gasteiger partial charge in [-0.15, -0.1) is 0 Å². The van der Waals surface area contributed by atoms with E-state index in [-0.39, 0.29) is 12.0 Å². The van der Waals surface area contributed by atoms with Gasteiger partial charge in [0, 0.05) is 5.75 Å². The average molecular weight is 196 g/mol. The lowest BCUT2D eigenvalue weighted by atomic mass is 10.1. The van der Waals surface area contributed by atoms with Crippen molar-refractivity contribution < 1.29 is 25.2 Å². The van der Waals surface area contributed by atoms with E-state index in [0.29, 0.717) is 0 Å². The van der Waals surface area contributed by atoms with Gasteiger partial charge in [-0.2, -0.15) is 12.6 Å². The maximum absolute atomic E-state index is 9.94. The van der Waals surface area contributed by atoms with Crippen molar-refractivity contribution in [3.05, 3.63) is 0 Å². The average Bonchev–Trinajstić information content (AvgIpc) is 2.12. The summed E-state index contributed by atoms with van der Waals surface area (Å²) in [6.07, 6.45) is -6.11. The third-order valence-electron chi connectivity index (χ3n) is 1.42. The van der Waals surface area contributed by atoms with Crippen molar-refractivity contribution in [2.45, 2.75) is 24.4 Å². The summed E-state index contributed by atoms with van der Waals surface area (Å²) >= 11 is 3.66. The highest BCUT2D eigenvalue weighted by Gasteiger charge is 2.29. The summed E-state index contributed by atoms with van der Waals surface area (Å²) in [6.45, 7) is 0. The molecule has 6 heteroatoms. The van der Waals surface area contributed by atoms with Crippen LogP contribution in [0.25, 0.3) is 0 Å². The summed E-state index contributed by atoms with van der Waals surface area (Å²) in [5, 5.41) is 35.6. The van der Waals surface area contributed by atoms with Gasteiger partial charge >= 0.3 is 0 Å². The number of hydrogen-bond acceptors (Lipinski definition) is 6. The van der Waals surface area contributed by atoms with Crippen LogP contribution in [0.1, 0.15) is 0 Å². The summed E-state index contributed by atoms with van der Waals surface area (Å²) in [5.74, 6) is -0.0657. The number of carbonyl (C=O) groups is 1. The maximum atomic E-state index is 9.94. The Hall–Kier alpha value is -0.140. The van der Waals surface area contributed by atoms with Crippen LogP contribution in [0.4, 0.5) is 0 Å². The van der Waals surface area contributed by atoms with Crippen molar-refractivity contribution in [1.29, 1.82) is 0 Å². The number of thiol groups is 1. The van der Waals surface area contributed by atoms with E-state index in [1.54, 1.807) is 0 Å². The van der Waals surface area contributed by atoms with E-state index in [0.717, 1.165) is 0 Å². The first-order chi connectivity index (χ1) is 5.54. The van der Waals surface area contributed by atoms with Crippen LogP contribution in [0, 0.1) is 0 Å². The van der Waals surface area contributed by atoms with Crippen molar-refractivity contribution >= 4 is 18.9 Å². The predicted molar refractivity (Wildman–Crippen MR) is 43.9 cm³/mol. The normalized spacial score (nSPS) is 21.1. The van der Waals surface area contributed by atoms with Crippen LogP contribution < -0.4 is 0 Å².